The molecule has 1 fully saturated rings. The molecule has 1 aromatic heterocycles. The maximum Gasteiger partial charge on any atom is 0.416 e. The van der Waals surface area contributed by atoms with Crippen molar-refractivity contribution >= 4 is 47.1 Å². The van der Waals surface area contributed by atoms with Crippen LogP contribution in [0.2, 0.25) is 0 Å². The van der Waals surface area contributed by atoms with Gasteiger partial charge in [-0.05, 0) is 43.7 Å². The van der Waals surface area contributed by atoms with Crippen molar-refractivity contribution < 1.29 is 31.1 Å². The van der Waals surface area contributed by atoms with E-state index in [4.69, 9.17) is 28.9 Å². The van der Waals surface area contributed by atoms with E-state index in [2.05, 4.69) is 15.0 Å². The molecule has 6 nitrogen and oxygen atoms in total. The molecule has 14 heteroatoms. The number of rotatable bonds is 6. The van der Waals surface area contributed by atoms with Crippen LogP contribution in [0.1, 0.15) is 34.8 Å². The Morgan fingerprint density at radius 2 is 1.78 bits per heavy atom. The van der Waals surface area contributed by atoms with Crippen LogP contribution < -0.4 is 5.73 Å². The van der Waals surface area contributed by atoms with Crippen LogP contribution in [0.25, 0.3) is 0 Å². The molecule has 1 amide bonds. The summed E-state index contributed by atoms with van der Waals surface area (Å²) in [6.45, 7) is 1.25. The first-order chi connectivity index (χ1) is 16.6. The first-order valence-electron chi connectivity index (χ1n) is 10.4. The number of hydrogen-bond donors (Lipinski definition) is 1. The summed E-state index contributed by atoms with van der Waals surface area (Å²) in [7, 11) is 0. The first-order valence-corrected chi connectivity index (χ1v) is 11.1. The highest BCUT2D eigenvalue weighted by molar-refractivity contribution is 6.50. The Morgan fingerprint density at radius 1 is 1.19 bits per heavy atom. The molecule has 0 saturated heterocycles. The number of carbonyl (C=O) groups is 1. The lowest BCUT2D eigenvalue weighted by molar-refractivity contribution is -0.143. The smallest absolute Gasteiger partial charge is 0.390 e. The van der Waals surface area contributed by atoms with E-state index in [-0.39, 0.29) is 30.7 Å². The van der Waals surface area contributed by atoms with E-state index in [1.165, 1.54) is 19.2 Å². The molecule has 1 aromatic carbocycles. The number of carbonyl (C=O) groups excluding carboxylic acids is 1. The summed E-state index contributed by atoms with van der Waals surface area (Å²) in [5.74, 6) is -1.50. The molecule has 2 N–H and O–H groups in total. The first kappa shape index (κ1) is 27.7. The third-order valence-corrected chi connectivity index (χ3v) is 6.32. The van der Waals surface area contributed by atoms with E-state index in [1.54, 1.807) is 12.1 Å². The Labute approximate surface area is 211 Å². The largest absolute Gasteiger partial charge is 0.416 e. The molecule has 0 spiro atoms. The second-order valence-corrected chi connectivity index (χ2v) is 9.57. The highest BCUT2D eigenvalue weighted by Crippen LogP contribution is 2.53. The van der Waals surface area contributed by atoms with Crippen molar-refractivity contribution in [1.29, 1.82) is 0 Å². The van der Waals surface area contributed by atoms with Crippen LogP contribution in [0.3, 0.4) is 0 Å². The van der Waals surface area contributed by atoms with Crippen molar-refractivity contribution in [2.75, 3.05) is 6.54 Å². The summed E-state index contributed by atoms with van der Waals surface area (Å²) in [6, 6.07) is 4.39. The van der Waals surface area contributed by atoms with Gasteiger partial charge < -0.3 is 10.6 Å². The van der Waals surface area contributed by atoms with Crippen LogP contribution in [-0.4, -0.2) is 44.9 Å². The van der Waals surface area contributed by atoms with Gasteiger partial charge in [-0.25, -0.2) is 15.0 Å². The van der Waals surface area contributed by atoms with Crippen molar-refractivity contribution in [3.63, 3.8) is 0 Å². The molecule has 0 radical (unpaired) electrons. The van der Waals surface area contributed by atoms with E-state index in [0.29, 0.717) is 12.1 Å². The number of aliphatic imine (C=N–C) groups is 2. The molecular formula is C22H19Cl2F6N5O. The number of amidine groups is 1. The lowest BCUT2D eigenvalue weighted by Crippen LogP contribution is -2.44. The fraction of sp³-hybridized carbons (Fsp3) is 0.364. The topological polar surface area (TPSA) is 83.9 Å². The molecule has 2 unspecified atom stereocenters. The molecule has 1 aliphatic rings. The van der Waals surface area contributed by atoms with E-state index in [9.17, 15) is 31.1 Å². The van der Waals surface area contributed by atoms with Gasteiger partial charge in [0, 0.05) is 24.2 Å². The standard InChI is InChI=1S/C22H19Cl2F6N5O/c1-12(18(33-11-31)34-17-4-2-3-5-32-17)35(10-16-9-20(16,23)24)19(36)13-6-14(21(25,26)27)8-15(7-13)22(28,29)30/h2-8,11-12,16H,9-10H2,1H3,(H2,31,32,33,34). The SMILES string of the molecule is CC(C(N=CN)=Nc1ccccn1)N(CC1CC1(Cl)Cl)C(=O)c1cc(C(F)(F)F)cc(C(F)(F)F)c1. The van der Waals surface area contributed by atoms with Gasteiger partial charge in [-0.2, -0.15) is 26.3 Å². The van der Waals surface area contributed by atoms with Crippen molar-refractivity contribution in [1.82, 2.24) is 9.88 Å². The Hall–Kier alpha value is -2.86. The number of alkyl halides is 8. The number of aromatic nitrogens is 1. The van der Waals surface area contributed by atoms with Gasteiger partial charge in [0.15, 0.2) is 11.7 Å². The van der Waals surface area contributed by atoms with Crippen molar-refractivity contribution in [2.45, 2.75) is 36.1 Å². The quantitative estimate of drug-likeness (QED) is 0.210. The van der Waals surface area contributed by atoms with Gasteiger partial charge in [-0.15, -0.1) is 23.2 Å². The molecule has 1 saturated carbocycles. The van der Waals surface area contributed by atoms with Crippen LogP contribution in [-0.2, 0) is 12.4 Å². The van der Waals surface area contributed by atoms with E-state index in [1.807, 2.05) is 0 Å². The van der Waals surface area contributed by atoms with Crippen molar-refractivity contribution in [2.24, 2.45) is 21.6 Å². The summed E-state index contributed by atoms with van der Waals surface area (Å²) < 4.78 is 79.0. The predicted molar refractivity (Wildman–Crippen MR) is 123 cm³/mol. The average molecular weight is 554 g/mol. The number of pyridine rings is 1. The second kappa shape index (κ2) is 10.3. The molecule has 3 rings (SSSR count). The van der Waals surface area contributed by atoms with Crippen LogP contribution in [0.5, 0.6) is 0 Å². The van der Waals surface area contributed by atoms with Gasteiger partial charge in [0.25, 0.3) is 5.91 Å². The lowest BCUT2D eigenvalue weighted by atomic mass is 10.0. The third-order valence-electron chi connectivity index (χ3n) is 5.39. The minimum atomic E-state index is -5.12. The maximum atomic E-state index is 13.4. The van der Waals surface area contributed by atoms with Gasteiger partial charge >= 0.3 is 12.4 Å². The molecule has 36 heavy (non-hydrogen) atoms. The number of benzene rings is 1. The summed E-state index contributed by atoms with van der Waals surface area (Å²) in [4.78, 5) is 26.6. The highest BCUT2D eigenvalue weighted by atomic mass is 35.5. The zero-order valence-electron chi connectivity index (χ0n) is 18.5. The monoisotopic (exact) mass is 553 g/mol. The van der Waals surface area contributed by atoms with E-state index >= 15 is 0 Å². The summed E-state index contributed by atoms with van der Waals surface area (Å²) in [6.07, 6.45) is -7.66. The minimum Gasteiger partial charge on any atom is -0.390 e. The zero-order chi connectivity index (χ0) is 26.9. The average Bonchev–Trinajstić information content (AvgIpc) is 3.41. The molecule has 0 bridgehead atoms. The zero-order valence-corrected chi connectivity index (χ0v) is 20.0. The molecule has 194 valence electrons. The minimum absolute atomic E-state index is 0.0549. The van der Waals surface area contributed by atoms with Gasteiger partial charge in [0.1, 0.15) is 4.33 Å². The molecule has 2 aromatic rings. The molecule has 2 atom stereocenters. The predicted octanol–water partition coefficient (Wildman–Crippen LogP) is 5.86. The number of nitrogens with zero attached hydrogens (tertiary/aromatic N) is 4. The normalized spacial score (nSPS) is 18.8. The second-order valence-electron chi connectivity index (χ2n) is 8.03. The van der Waals surface area contributed by atoms with Gasteiger partial charge in [-0.3, -0.25) is 4.79 Å². The van der Waals surface area contributed by atoms with Gasteiger partial charge in [0.05, 0.1) is 23.5 Å². The van der Waals surface area contributed by atoms with Gasteiger partial charge in [-0.1, -0.05) is 6.07 Å². The van der Waals surface area contributed by atoms with Gasteiger partial charge in [0.2, 0.25) is 0 Å². The van der Waals surface area contributed by atoms with Crippen molar-refractivity contribution in [3.8, 4) is 0 Å². The fourth-order valence-corrected chi connectivity index (χ4v) is 3.86. The Bertz CT molecular complexity index is 1140. The molecule has 1 heterocycles. The maximum absolute atomic E-state index is 13.4. The number of amides is 1. The Kier molecular flexibility index (Phi) is 7.89. The fourth-order valence-electron chi connectivity index (χ4n) is 3.35. The summed E-state index contributed by atoms with van der Waals surface area (Å²) >= 11 is 12.2. The Balaban J connectivity index is 2.09. The Morgan fingerprint density at radius 3 is 2.22 bits per heavy atom. The van der Waals surface area contributed by atoms with Crippen LogP contribution in [0.15, 0.2) is 52.6 Å². The molecule has 1 aliphatic carbocycles. The number of halogens is 8. The highest BCUT2D eigenvalue weighted by Gasteiger charge is 2.53. The van der Waals surface area contributed by atoms with E-state index in [0.717, 1.165) is 11.2 Å². The van der Waals surface area contributed by atoms with Crippen LogP contribution in [0, 0.1) is 5.92 Å². The molecule has 0 aliphatic heterocycles. The summed E-state index contributed by atoms with van der Waals surface area (Å²) in [5, 5.41) is 0. The number of nitrogens with two attached hydrogens (primary N) is 1. The van der Waals surface area contributed by atoms with Crippen LogP contribution in [0.4, 0.5) is 32.2 Å². The molecular weight excluding hydrogens is 535 g/mol. The van der Waals surface area contributed by atoms with E-state index < -0.39 is 51.2 Å². The van der Waals surface area contributed by atoms with Crippen LogP contribution >= 0.6 is 23.2 Å². The third kappa shape index (κ3) is 6.67. The summed E-state index contributed by atoms with van der Waals surface area (Å²) in [5.41, 5.74) is 1.35. The number of hydrogen-bond acceptors (Lipinski definition) is 3. The van der Waals surface area contributed by atoms with Crippen molar-refractivity contribution in [3.05, 3.63) is 59.3 Å². The lowest BCUT2D eigenvalue weighted by Gasteiger charge is -2.30.